The molecule has 0 saturated heterocycles. The maximum absolute atomic E-state index is 11.6. The number of carbonyl (C=O) groups is 1. The third kappa shape index (κ3) is 2.32. The van der Waals surface area contributed by atoms with E-state index in [1.54, 1.807) is 19.3 Å². The lowest BCUT2D eigenvalue weighted by Gasteiger charge is -2.24. The van der Waals surface area contributed by atoms with E-state index in [2.05, 4.69) is 5.32 Å². The molecule has 0 spiro atoms. The Bertz CT molecular complexity index is 447. The Hall–Kier alpha value is -1.58. The second-order valence-corrected chi connectivity index (χ2v) is 4.33. The Kier molecular flexibility index (Phi) is 3.08. The second kappa shape index (κ2) is 4.51. The van der Waals surface area contributed by atoms with Crippen molar-refractivity contribution in [2.24, 2.45) is 13.0 Å². The molecule has 2 rings (SSSR count). The van der Waals surface area contributed by atoms with E-state index in [-0.39, 0.29) is 17.4 Å². The van der Waals surface area contributed by atoms with E-state index < -0.39 is 0 Å². The summed E-state index contributed by atoms with van der Waals surface area (Å²) in [6, 6.07) is 3.27. The topological polar surface area (TPSA) is 51.1 Å². The number of amides is 1. The highest BCUT2D eigenvalue weighted by molar-refractivity contribution is 5.79. The summed E-state index contributed by atoms with van der Waals surface area (Å²) in [6.07, 6.45) is 4.94. The number of aryl methyl sites for hydroxylation is 1. The summed E-state index contributed by atoms with van der Waals surface area (Å²) in [5.41, 5.74) is 0.920. The third-order valence-electron chi connectivity index (χ3n) is 3.09. The molecule has 1 aromatic heterocycles. The van der Waals surface area contributed by atoms with Crippen LogP contribution in [-0.2, 0) is 18.4 Å². The molecule has 1 saturated carbocycles. The molecule has 1 aromatic rings. The van der Waals surface area contributed by atoms with Gasteiger partial charge in [0, 0.05) is 31.8 Å². The van der Waals surface area contributed by atoms with Crippen LogP contribution in [0.5, 0.6) is 0 Å². The lowest BCUT2D eigenvalue weighted by molar-refractivity contribution is -0.127. The summed E-state index contributed by atoms with van der Waals surface area (Å²) < 4.78 is 1.52. The van der Waals surface area contributed by atoms with Crippen molar-refractivity contribution in [1.82, 2.24) is 9.88 Å². The fourth-order valence-electron chi connectivity index (χ4n) is 1.76. The van der Waals surface area contributed by atoms with Crippen molar-refractivity contribution in [3.63, 3.8) is 0 Å². The predicted octanol–water partition coefficient (Wildman–Crippen LogP) is 0.802. The van der Waals surface area contributed by atoms with Gasteiger partial charge in [0.2, 0.25) is 11.5 Å². The van der Waals surface area contributed by atoms with Crippen molar-refractivity contribution >= 4 is 5.91 Å². The van der Waals surface area contributed by atoms with Gasteiger partial charge in [-0.3, -0.25) is 9.59 Å². The van der Waals surface area contributed by atoms with Gasteiger partial charge in [-0.15, -0.1) is 0 Å². The maximum Gasteiger partial charge on any atom is 0.250 e. The molecular formula is C12H16N2O2. The zero-order valence-electron chi connectivity index (χ0n) is 9.40. The summed E-state index contributed by atoms with van der Waals surface area (Å²) in [6.45, 7) is 0.503. The van der Waals surface area contributed by atoms with Crippen LogP contribution in [0.4, 0.5) is 0 Å². The molecule has 0 aromatic carbocycles. The number of nitrogens with zero attached hydrogens (tertiary/aromatic N) is 1. The summed E-state index contributed by atoms with van der Waals surface area (Å²) in [4.78, 5) is 22.7. The number of hydrogen-bond donors (Lipinski definition) is 1. The first kappa shape index (κ1) is 10.9. The van der Waals surface area contributed by atoms with Crippen LogP contribution in [-0.4, -0.2) is 10.5 Å². The molecule has 4 nitrogen and oxygen atoms in total. The highest BCUT2D eigenvalue weighted by atomic mass is 16.2. The minimum Gasteiger partial charge on any atom is -0.352 e. The lowest BCUT2D eigenvalue weighted by Crippen LogP contribution is -2.34. The first-order valence-corrected chi connectivity index (χ1v) is 5.60. The predicted molar refractivity (Wildman–Crippen MR) is 60.9 cm³/mol. The lowest BCUT2D eigenvalue weighted by atomic mass is 9.85. The van der Waals surface area contributed by atoms with Gasteiger partial charge in [-0.25, -0.2) is 0 Å². The van der Waals surface area contributed by atoms with Crippen LogP contribution < -0.4 is 10.9 Å². The van der Waals surface area contributed by atoms with E-state index in [0.29, 0.717) is 6.54 Å². The van der Waals surface area contributed by atoms with Crippen LogP contribution in [0.2, 0.25) is 0 Å². The van der Waals surface area contributed by atoms with Crippen molar-refractivity contribution in [1.29, 1.82) is 0 Å². The largest absolute Gasteiger partial charge is 0.352 e. The van der Waals surface area contributed by atoms with E-state index in [0.717, 1.165) is 24.8 Å². The molecule has 1 heterocycles. The van der Waals surface area contributed by atoms with Gasteiger partial charge in [-0.05, 0) is 18.4 Å². The Morgan fingerprint density at radius 1 is 1.50 bits per heavy atom. The van der Waals surface area contributed by atoms with Gasteiger partial charge in [-0.2, -0.15) is 0 Å². The summed E-state index contributed by atoms with van der Waals surface area (Å²) in [5, 5.41) is 2.89. The van der Waals surface area contributed by atoms with Crippen LogP contribution in [0.15, 0.2) is 23.1 Å². The summed E-state index contributed by atoms with van der Waals surface area (Å²) in [5.74, 6) is 0.354. The fourth-order valence-corrected chi connectivity index (χ4v) is 1.76. The van der Waals surface area contributed by atoms with Crippen molar-refractivity contribution in [2.45, 2.75) is 25.8 Å². The highest BCUT2D eigenvalue weighted by Gasteiger charge is 2.24. The van der Waals surface area contributed by atoms with Gasteiger partial charge >= 0.3 is 0 Å². The molecule has 0 bridgehead atoms. The third-order valence-corrected chi connectivity index (χ3v) is 3.09. The SMILES string of the molecule is Cn1cc(CNC(=O)C2CCC2)ccc1=O. The van der Waals surface area contributed by atoms with Gasteiger partial charge in [-0.1, -0.05) is 12.5 Å². The standard InChI is InChI=1S/C12H16N2O2/c1-14-8-9(5-6-11(14)15)7-13-12(16)10-3-2-4-10/h5-6,8,10H,2-4,7H2,1H3,(H,13,16). The van der Waals surface area contributed by atoms with E-state index in [1.165, 1.54) is 10.6 Å². The van der Waals surface area contributed by atoms with Crippen molar-refractivity contribution in [2.75, 3.05) is 0 Å². The summed E-state index contributed by atoms with van der Waals surface area (Å²) in [7, 11) is 1.71. The molecule has 86 valence electrons. The molecule has 1 fully saturated rings. The van der Waals surface area contributed by atoms with Gasteiger partial charge in [0.1, 0.15) is 0 Å². The Balaban J connectivity index is 1.91. The zero-order chi connectivity index (χ0) is 11.5. The Morgan fingerprint density at radius 3 is 2.81 bits per heavy atom. The smallest absolute Gasteiger partial charge is 0.250 e. The van der Waals surface area contributed by atoms with Crippen molar-refractivity contribution < 1.29 is 4.79 Å². The van der Waals surface area contributed by atoms with E-state index in [4.69, 9.17) is 0 Å². The number of carbonyl (C=O) groups excluding carboxylic acids is 1. The van der Waals surface area contributed by atoms with Crippen LogP contribution in [0.1, 0.15) is 24.8 Å². The maximum atomic E-state index is 11.6. The Labute approximate surface area is 94.3 Å². The van der Waals surface area contributed by atoms with Crippen LogP contribution in [0.25, 0.3) is 0 Å². The van der Waals surface area contributed by atoms with Gasteiger partial charge < -0.3 is 9.88 Å². The number of hydrogen-bond acceptors (Lipinski definition) is 2. The molecular weight excluding hydrogens is 204 g/mol. The molecule has 1 aliphatic carbocycles. The zero-order valence-corrected chi connectivity index (χ0v) is 9.40. The summed E-state index contributed by atoms with van der Waals surface area (Å²) >= 11 is 0. The molecule has 0 atom stereocenters. The molecule has 0 radical (unpaired) electrons. The average Bonchev–Trinajstić information content (AvgIpc) is 2.17. The van der Waals surface area contributed by atoms with E-state index in [1.807, 2.05) is 0 Å². The fraction of sp³-hybridized carbons (Fsp3) is 0.500. The second-order valence-electron chi connectivity index (χ2n) is 4.33. The minimum absolute atomic E-state index is 0.0333. The van der Waals surface area contributed by atoms with Gasteiger partial charge in [0.25, 0.3) is 0 Å². The van der Waals surface area contributed by atoms with Gasteiger partial charge in [0.05, 0.1) is 0 Å². The molecule has 1 aliphatic rings. The van der Waals surface area contributed by atoms with E-state index in [9.17, 15) is 9.59 Å². The average molecular weight is 220 g/mol. The monoisotopic (exact) mass is 220 g/mol. The number of nitrogens with one attached hydrogen (secondary N) is 1. The number of aromatic nitrogens is 1. The molecule has 16 heavy (non-hydrogen) atoms. The Morgan fingerprint density at radius 2 is 2.25 bits per heavy atom. The minimum atomic E-state index is -0.0333. The number of rotatable bonds is 3. The molecule has 1 N–H and O–H groups in total. The highest BCUT2D eigenvalue weighted by Crippen LogP contribution is 2.26. The molecule has 1 amide bonds. The molecule has 0 unspecified atom stereocenters. The molecule has 4 heteroatoms. The first-order valence-electron chi connectivity index (χ1n) is 5.60. The van der Waals surface area contributed by atoms with Crippen molar-refractivity contribution in [3.05, 3.63) is 34.2 Å². The normalized spacial score (nSPS) is 15.6. The van der Waals surface area contributed by atoms with Crippen LogP contribution in [0, 0.1) is 5.92 Å². The first-order chi connectivity index (χ1) is 7.66. The van der Waals surface area contributed by atoms with Crippen LogP contribution >= 0.6 is 0 Å². The van der Waals surface area contributed by atoms with E-state index >= 15 is 0 Å². The molecule has 0 aliphatic heterocycles. The number of pyridine rings is 1. The quantitative estimate of drug-likeness (QED) is 0.819. The van der Waals surface area contributed by atoms with Gasteiger partial charge in [0.15, 0.2) is 0 Å². The van der Waals surface area contributed by atoms with Crippen LogP contribution in [0.3, 0.4) is 0 Å². The van der Waals surface area contributed by atoms with Crippen molar-refractivity contribution in [3.8, 4) is 0 Å².